The molecule has 0 saturated carbocycles. The van der Waals surface area contributed by atoms with Crippen LogP contribution in [0.25, 0.3) is 112 Å². The van der Waals surface area contributed by atoms with Crippen molar-refractivity contribution in [3.05, 3.63) is 372 Å². The number of nitrogens with zero attached hydrogens (tertiary/aromatic N) is 6. The normalized spacial score (nSPS) is 13.3. The second-order valence-electron chi connectivity index (χ2n) is 23.6. The van der Waals surface area contributed by atoms with Gasteiger partial charge in [0.1, 0.15) is 11.6 Å². The van der Waals surface area contributed by atoms with Gasteiger partial charge in [0.25, 0.3) is 0 Å². The second kappa shape index (κ2) is 20.4. The van der Waals surface area contributed by atoms with Crippen LogP contribution in [0.4, 0.5) is 0 Å². The molecule has 2 aliphatic rings. The summed E-state index contributed by atoms with van der Waals surface area (Å²) in [7, 11) is 0. The molecule has 0 radical (unpaired) electrons. The molecule has 13 aromatic carbocycles. The lowest BCUT2D eigenvalue weighted by atomic mass is 9.67. The fourth-order valence-electron chi connectivity index (χ4n) is 15.1. The number of aromatic nitrogens is 6. The van der Waals surface area contributed by atoms with Crippen LogP contribution in [0, 0.1) is 0 Å². The number of fused-ring (bicyclic) bond motifs is 9. The van der Waals surface area contributed by atoms with Gasteiger partial charge in [0.15, 0.2) is 0 Å². The monoisotopic (exact) mass is 1150 g/mol. The fourth-order valence-corrected chi connectivity index (χ4v) is 15.1. The van der Waals surface area contributed by atoms with E-state index in [-0.39, 0.29) is 0 Å². The molecule has 0 saturated heterocycles. The Morgan fingerprint density at radius 1 is 0.222 bits per heavy atom. The minimum Gasteiger partial charge on any atom is -0.292 e. The van der Waals surface area contributed by atoms with E-state index in [9.17, 15) is 0 Å². The summed E-state index contributed by atoms with van der Waals surface area (Å²) in [5.74, 6) is 1.77. The van der Waals surface area contributed by atoms with Crippen molar-refractivity contribution >= 4 is 33.1 Å². The largest absolute Gasteiger partial charge is 0.292 e. The standard InChI is InChI=1S/C84H54N6/c1-7-25-59(26-8-1)83(60-27-9-2-10-28-60)69-51-55(43-47-65(69)67-49-45-57(53-71(67)83)81-87-75-39-21-23-41-77(75)89(81)63-33-15-5-16-34-63)79-80(86-74-38-20-19-37-73(74)85-79)56-44-48-66-68-50-46-58(82-88-76-40-22-24-42-78(76)90(82)64-35-17-6-18-36-64)54-72(68)84(70(66)52-56,61-29-11-3-12-30-61)62-31-13-4-14-32-62/h1-54H. The van der Waals surface area contributed by atoms with E-state index >= 15 is 0 Å². The summed E-state index contributed by atoms with van der Waals surface area (Å²) in [6.45, 7) is 0. The number of hydrogen-bond acceptors (Lipinski definition) is 4. The van der Waals surface area contributed by atoms with Gasteiger partial charge in [-0.25, -0.2) is 19.9 Å². The van der Waals surface area contributed by atoms with Crippen LogP contribution in [-0.4, -0.2) is 29.1 Å². The number of benzene rings is 13. The Hall–Kier alpha value is -11.9. The van der Waals surface area contributed by atoms with E-state index in [0.717, 1.165) is 89.8 Å². The van der Waals surface area contributed by atoms with Gasteiger partial charge in [0.2, 0.25) is 0 Å². The molecule has 6 heteroatoms. The van der Waals surface area contributed by atoms with Crippen LogP contribution in [0.15, 0.2) is 328 Å². The topological polar surface area (TPSA) is 61.4 Å². The summed E-state index contributed by atoms with van der Waals surface area (Å²) in [5.41, 5.74) is 26.0. The first-order valence-electron chi connectivity index (χ1n) is 30.8. The van der Waals surface area contributed by atoms with E-state index in [1.807, 2.05) is 0 Å². The third kappa shape index (κ3) is 7.64. The lowest BCUT2D eigenvalue weighted by Crippen LogP contribution is -2.28. The molecule has 0 fully saturated rings. The summed E-state index contributed by atoms with van der Waals surface area (Å²) < 4.78 is 4.60. The van der Waals surface area contributed by atoms with Crippen molar-refractivity contribution in [1.82, 2.24) is 29.1 Å². The predicted molar refractivity (Wildman–Crippen MR) is 365 cm³/mol. The lowest BCUT2D eigenvalue weighted by Gasteiger charge is -2.34. The van der Waals surface area contributed by atoms with Crippen molar-refractivity contribution in [1.29, 1.82) is 0 Å². The molecular weight excluding hydrogens is 1090 g/mol. The Bertz CT molecular complexity index is 5040. The summed E-state index contributed by atoms with van der Waals surface area (Å²) >= 11 is 0. The van der Waals surface area contributed by atoms with Crippen molar-refractivity contribution in [3.63, 3.8) is 0 Å². The molecule has 6 nitrogen and oxygen atoms in total. The molecule has 420 valence electrons. The first kappa shape index (κ1) is 51.4. The molecule has 16 aromatic rings. The predicted octanol–water partition coefficient (Wildman–Crippen LogP) is 19.7. The minimum atomic E-state index is -0.749. The lowest BCUT2D eigenvalue weighted by molar-refractivity contribution is 0.768. The number of hydrogen-bond donors (Lipinski definition) is 0. The zero-order valence-electron chi connectivity index (χ0n) is 48.9. The van der Waals surface area contributed by atoms with E-state index in [1.54, 1.807) is 0 Å². The molecule has 90 heavy (non-hydrogen) atoms. The number of para-hydroxylation sites is 8. The molecule has 0 atom stereocenters. The van der Waals surface area contributed by atoms with Crippen LogP contribution in [-0.2, 0) is 10.8 Å². The van der Waals surface area contributed by atoms with E-state index in [1.165, 1.54) is 66.8 Å². The van der Waals surface area contributed by atoms with Crippen LogP contribution in [0.2, 0.25) is 0 Å². The SMILES string of the molecule is c1ccc(-n2c(-c3ccc4c(c3)C(c3ccccc3)(c3ccccc3)c3cc(-c5nc6ccccc6nc5-c5ccc6c(c5)C(c5ccccc5)(c5ccccc5)c5cc(-c7nc8ccccc8n7-c7ccccc7)ccc5-6)ccc3-4)nc3ccccc32)cc1. The molecule has 3 aromatic heterocycles. The van der Waals surface area contributed by atoms with Gasteiger partial charge in [-0.15, -0.1) is 0 Å². The third-order valence-electron chi connectivity index (χ3n) is 18.9. The minimum absolute atomic E-state index is 0.749. The highest BCUT2D eigenvalue weighted by Crippen LogP contribution is 2.60. The Morgan fingerprint density at radius 3 is 0.822 bits per heavy atom. The van der Waals surface area contributed by atoms with Crippen LogP contribution >= 0.6 is 0 Å². The Balaban J connectivity index is 0.857. The van der Waals surface area contributed by atoms with Crippen molar-refractivity contribution in [2.24, 2.45) is 0 Å². The highest BCUT2D eigenvalue weighted by molar-refractivity contribution is 5.96. The Morgan fingerprint density at radius 2 is 0.489 bits per heavy atom. The van der Waals surface area contributed by atoms with Crippen LogP contribution < -0.4 is 0 Å². The molecular formula is C84H54N6. The van der Waals surface area contributed by atoms with Gasteiger partial charge in [0, 0.05) is 33.6 Å². The zero-order chi connectivity index (χ0) is 59.3. The maximum atomic E-state index is 5.70. The average molecular weight is 1150 g/mol. The van der Waals surface area contributed by atoms with E-state index in [0.29, 0.717) is 0 Å². The fraction of sp³-hybridized carbons (Fsp3) is 0.0238. The highest BCUT2D eigenvalue weighted by Gasteiger charge is 2.49. The summed E-state index contributed by atoms with van der Waals surface area (Å²) in [4.78, 5) is 22.2. The van der Waals surface area contributed by atoms with Gasteiger partial charge in [-0.05, 0) is 152 Å². The van der Waals surface area contributed by atoms with Crippen molar-refractivity contribution in [2.45, 2.75) is 10.8 Å². The molecule has 2 aliphatic carbocycles. The maximum Gasteiger partial charge on any atom is 0.145 e. The molecule has 0 unspecified atom stereocenters. The summed E-state index contributed by atoms with van der Waals surface area (Å²) in [6, 6.07) is 119. The van der Waals surface area contributed by atoms with E-state index in [2.05, 4.69) is 337 Å². The quantitative estimate of drug-likeness (QED) is 0.137. The first-order valence-corrected chi connectivity index (χ1v) is 30.8. The molecule has 18 rings (SSSR count). The number of imidazole rings is 2. The van der Waals surface area contributed by atoms with E-state index in [4.69, 9.17) is 19.9 Å². The van der Waals surface area contributed by atoms with Gasteiger partial charge in [-0.1, -0.05) is 243 Å². The first-order chi connectivity index (χ1) is 44.6. The van der Waals surface area contributed by atoms with Crippen LogP contribution in [0.5, 0.6) is 0 Å². The Labute approximate surface area is 521 Å². The van der Waals surface area contributed by atoms with Crippen molar-refractivity contribution in [3.8, 4) is 78.9 Å². The van der Waals surface area contributed by atoms with Crippen LogP contribution in [0.3, 0.4) is 0 Å². The maximum absolute atomic E-state index is 5.70. The van der Waals surface area contributed by atoms with E-state index < -0.39 is 10.8 Å². The van der Waals surface area contributed by atoms with Gasteiger partial charge < -0.3 is 0 Å². The summed E-state index contributed by atoms with van der Waals surface area (Å²) in [6.07, 6.45) is 0. The molecule has 0 amide bonds. The van der Waals surface area contributed by atoms with Gasteiger partial charge in [0.05, 0.1) is 55.3 Å². The van der Waals surface area contributed by atoms with Crippen LogP contribution in [0.1, 0.15) is 44.5 Å². The second-order valence-corrected chi connectivity index (χ2v) is 23.6. The van der Waals surface area contributed by atoms with Gasteiger partial charge in [-0.2, -0.15) is 0 Å². The molecule has 3 heterocycles. The van der Waals surface area contributed by atoms with Gasteiger partial charge >= 0.3 is 0 Å². The Kier molecular flexibility index (Phi) is 11.6. The van der Waals surface area contributed by atoms with Crippen molar-refractivity contribution < 1.29 is 0 Å². The zero-order valence-corrected chi connectivity index (χ0v) is 48.9. The van der Waals surface area contributed by atoms with Crippen molar-refractivity contribution in [2.75, 3.05) is 0 Å². The summed E-state index contributed by atoms with van der Waals surface area (Å²) in [5, 5.41) is 0. The third-order valence-corrected chi connectivity index (χ3v) is 18.9. The molecule has 0 spiro atoms. The number of rotatable bonds is 10. The molecule has 0 aliphatic heterocycles. The highest BCUT2D eigenvalue weighted by atomic mass is 15.1. The molecule has 0 N–H and O–H groups in total. The van der Waals surface area contributed by atoms with Gasteiger partial charge in [-0.3, -0.25) is 9.13 Å². The molecule has 0 bridgehead atoms. The average Bonchev–Trinajstić information content (AvgIpc) is 1.55. The smallest absolute Gasteiger partial charge is 0.145 e.